The summed E-state index contributed by atoms with van der Waals surface area (Å²) in [6.45, 7) is 0. The molecule has 0 aliphatic heterocycles. The van der Waals surface area contributed by atoms with Crippen molar-refractivity contribution in [3.05, 3.63) is 207 Å². The predicted molar refractivity (Wildman–Crippen MR) is 261 cm³/mol. The molecule has 0 saturated carbocycles. The molecule has 0 N–H and O–H groups in total. The van der Waals surface area contributed by atoms with Crippen LogP contribution in [0.4, 0.5) is 0 Å². The van der Waals surface area contributed by atoms with Gasteiger partial charge in [0.25, 0.3) is 0 Å². The summed E-state index contributed by atoms with van der Waals surface area (Å²) in [7, 11) is 0. The zero-order valence-corrected chi connectivity index (χ0v) is 34.5. The van der Waals surface area contributed by atoms with Crippen LogP contribution in [0, 0.1) is 0 Å². The van der Waals surface area contributed by atoms with E-state index in [-0.39, 0.29) is 0 Å². The lowest BCUT2D eigenvalue weighted by molar-refractivity contribution is 1.16. The van der Waals surface area contributed by atoms with E-state index in [4.69, 9.17) is 19.9 Å². The molecule has 0 atom stereocenters. The van der Waals surface area contributed by atoms with Gasteiger partial charge in [-0.05, 0) is 78.9 Å². The van der Waals surface area contributed by atoms with Crippen LogP contribution in [0.3, 0.4) is 0 Å². The number of pyridine rings is 2. The first kappa shape index (κ1) is 35.5. The Morgan fingerprint density at radius 3 is 1.51 bits per heavy atom. The third kappa shape index (κ3) is 5.78. The van der Waals surface area contributed by atoms with Crippen molar-refractivity contribution in [1.82, 2.24) is 29.1 Å². The average molecular weight is 823 g/mol. The summed E-state index contributed by atoms with van der Waals surface area (Å²) >= 11 is 1.79. The molecule has 6 aromatic heterocycles. The lowest BCUT2D eigenvalue weighted by Crippen LogP contribution is -1.98. The third-order valence-electron chi connectivity index (χ3n) is 12.2. The molecule has 0 fully saturated rings. The highest BCUT2D eigenvalue weighted by atomic mass is 32.1. The maximum absolute atomic E-state index is 5.27. The molecule has 0 saturated heterocycles. The maximum Gasteiger partial charge on any atom is 0.0892 e. The van der Waals surface area contributed by atoms with E-state index in [2.05, 4.69) is 179 Å². The van der Waals surface area contributed by atoms with Gasteiger partial charge in [0.05, 0.1) is 73.1 Å². The molecule has 0 unspecified atom stereocenters. The number of aromatic nitrogens is 6. The fourth-order valence-corrected chi connectivity index (χ4v) is 10.4. The average Bonchev–Trinajstić information content (AvgIpc) is 4.01. The second kappa shape index (κ2) is 14.2. The van der Waals surface area contributed by atoms with Gasteiger partial charge >= 0.3 is 0 Å². The lowest BCUT2D eigenvalue weighted by Gasteiger charge is -2.13. The minimum absolute atomic E-state index is 0.820. The first-order valence-corrected chi connectivity index (χ1v) is 21.8. The van der Waals surface area contributed by atoms with Gasteiger partial charge in [-0.2, -0.15) is 0 Å². The largest absolute Gasteiger partial charge is 0.309 e. The van der Waals surface area contributed by atoms with Crippen molar-refractivity contribution >= 4 is 75.3 Å². The van der Waals surface area contributed by atoms with Crippen molar-refractivity contribution in [2.24, 2.45) is 0 Å². The summed E-state index contributed by atoms with van der Waals surface area (Å²) in [6.07, 6.45) is 5.62. The standard InChI is InChI=1S/C56H34N6S/c1-3-12-35(13-4-1)46-31-40(32-47(59-46)36-14-5-2-6-15-36)62-51-19-10-8-17-42(51)44-29-38(22-25-53(44)62)49-34-57-33-48(60-49)37-21-24-52-43(28-37)41-16-7-9-18-50(41)61(52)39-23-26-54-45(30-39)56-55(63-54)20-11-27-58-56/h1-34H. The van der Waals surface area contributed by atoms with Gasteiger partial charge < -0.3 is 9.13 Å². The maximum atomic E-state index is 5.27. The van der Waals surface area contributed by atoms with Crippen LogP contribution < -0.4 is 0 Å². The van der Waals surface area contributed by atoms with Crippen molar-refractivity contribution in [2.45, 2.75) is 0 Å². The Balaban J connectivity index is 0.920. The summed E-state index contributed by atoms with van der Waals surface area (Å²) < 4.78 is 7.17. The van der Waals surface area contributed by atoms with Crippen molar-refractivity contribution in [3.63, 3.8) is 0 Å². The number of para-hydroxylation sites is 2. The molecular formula is C56H34N6S. The molecule has 13 rings (SSSR count). The summed E-state index contributed by atoms with van der Waals surface area (Å²) in [5.74, 6) is 0. The summed E-state index contributed by atoms with van der Waals surface area (Å²) in [5, 5.41) is 5.85. The van der Waals surface area contributed by atoms with E-state index in [1.54, 1.807) is 11.3 Å². The third-order valence-corrected chi connectivity index (χ3v) is 13.4. The minimum atomic E-state index is 0.820. The Labute approximate surface area is 365 Å². The number of nitrogens with zero attached hydrogens (tertiary/aromatic N) is 6. The Kier molecular flexibility index (Phi) is 7.98. The van der Waals surface area contributed by atoms with E-state index >= 15 is 0 Å². The lowest BCUT2D eigenvalue weighted by atomic mass is 10.1. The van der Waals surface area contributed by atoms with Crippen LogP contribution in [0.1, 0.15) is 0 Å². The van der Waals surface area contributed by atoms with E-state index < -0.39 is 0 Å². The van der Waals surface area contributed by atoms with Gasteiger partial charge in [-0.25, -0.2) is 9.97 Å². The van der Waals surface area contributed by atoms with Crippen LogP contribution in [0.5, 0.6) is 0 Å². The highest BCUT2D eigenvalue weighted by molar-refractivity contribution is 7.25. The number of fused-ring (bicyclic) bond motifs is 9. The molecule has 13 aromatic rings. The molecule has 6 nitrogen and oxygen atoms in total. The summed E-state index contributed by atoms with van der Waals surface area (Å²) in [5.41, 5.74) is 15.4. The van der Waals surface area contributed by atoms with Gasteiger partial charge in [0.2, 0.25) is 0 Å². The number of hydrogen-bond acceptors (Lipinski definition) is 5. The second-order valence-corrected chi connectivity index (χ2v) is 17.0. The molecule has 6 heterocycles. The van der Waals surface area contributed by atoms with Crippen molar-refractivity contribution in [2.75, 3.05) is 0 Å². The van der Waals surface area contributed by atoms with Gasteiger partial charge in [-0.1, -0.05) is 109 Å². The highest BCUT2D eigenvalue weighted by Crippen LogP contribution is 2.40. The van der Waals surface area contributed by atoms with Crippen LogP contribution in [-0.2, 0) is 0 Å². The van der Waals surface area contributed by atoms with E-state index in [1.165, 1.54) is 30.9 Å². The van der Waals surface area contributed by atoms with Crippen molar-refractivity contribution in [3.8, 4) is 56.4 Å². The van der Waals surface area contributed by atoms with Crippen molar-refractivity contribution in [1.29, 1.82) is 0 Å². The van der Waals surface area contributed by atoms with E-state index in [0.29, 0.717) is 0 Å². The van der Waals surface area contributed by atoms with E-state index in [9.17, 15) is 0 Å². The molecule has 63 heavy (non-hydrogen) atoms. The normalized spacial score (nSPS) is 11.8. The smallest absolute Gasteiger partial charge is 0.0892 e. The molecule has 0 radical (unpaired) electrons. The SMILES string of the molecule is c1ccc(-c2cc(-n3c4ccccc4c4cc(-c5cncc(-c6ccc7c(c6)c6ccccc6n7-c6ccc7sc8cccnc8c7c6)n5)ccc43)cc(-c3ccccc3)n2)cc1. The van der Waals surface area contributed by atoms with Crippen LogP contribution in [0.2, 0.25) is 0 Å². The number of benzene rings is 7. The van der Waals surface area contributed by atoms with Gasteiger partial charge in [-0.15, -0.1) is 11.3 Å². The Bertz CT molecular complexity index is 3860. The molecule has 0 aliphatic carbocycles. The van der Waals surface area contributed by atoms with Gasteiger partial charge in [0.15, 0.2) is 0 Å². The van der Waals surface area contributed by atoms with E-state index in [1.807, 2.05) is 36.8 Å². The summed E-state index contributed by atoms with van der Waals surface area (Å²) in [4.78, 5) is 19.9. The predicted octanol–water partition coefficient (Wildman–Crippen LogP) is 14.5. The minimum Gasteiger partial charge on any atom is -0.309 e. The molecule has 0 bridgehead atoms. The Morgan fingerprint density at radius 2 is 0.889 bits per heavy atom. The Hall–Kier alpha value is -8.26. The van der Waals surface area contributed by atoms with Crippen LogP contribution in [0.15, 0.2) is 207 Å². The Morgan fingerprint density at radius 1 is 0.349 bits per heavy atom. The first-order valence-electron chi connectivity index (χ1n) is 21.0. The quantitative estimate of drug-likeness (QED) is 0.168. The topological polar surface area (TPSA) is 61.4 Å². The molecule has 0 aliphatic rings. The fraction of sp³-hybridized carbons (Fsp3) is 0. The molecule has 7 heteroatoms. The van der Waals surface area contributed by atoms with Crippen LogP contribution in [-0.4, -0.2) is 29.1 Å². The zero-order chi connectivity index (χ0) is 41.4. The molecule has 7 aromatic carbocycles. The second-order valence-electron chi connectivity index (χ2n) is 15.9. The number of rotatable bonds is 6. The monoisotopic (exact) mass is 822 g/mol. The summed E-state index contributed by atoms with van der Waals surface area (Å²) in [6, 6.07) is 66.7. The molecular weight excluding hydrogens is 789 g/mol. The number of hydrogen-bond donors (Lipinski definition) is 0. The highest BCUT2D eigenvalue weighted by Gasteiger charge is 2.19. The van der Waals surface area contributed by atoms with Crippen LogP contribution in [0.25, 0.3) is 120 Å². The van der Waals surface area contributed by atoms with Crippen molar-refractivity contribution < 1.29 is 0 Å². The van der Waals surface area contributed by atoms with Gasteiger partial charge in [-0.3, -0.25) is 9.97 Å². The van der Waals surface area contributed by atoms with Gasteiger partial charge in [0, 0.05) is 65.8 Å². The van der Waals surface area contributed by atoms with Crippen LogP contribution >= 0.6 is 11.3 Å². The molecule has 294 valence electrons. The van der Waals surface area contributed by atoms with Gasteiger partial charge in [0.1, 0.15) is 0 Å². The zero-order valence-electron chi connectivity index (χ0n) is 33.7. The number of thiophene rings is 1. The molecule has 0 amide bonds. The van der Waals surface area contributed by atoms with E-state index in [0.717, 1.165) is 89.4 Å². The molecule has 0 spiro atoms. The fourth-order valence-electron chi connectivity index (χ4n) is 9.35. The first-order chi connectivity index (χ1) is 31.2.